The molecule has 2 N–H and O–H groups in total. The van der Waals surface area contributed by atoms with Crippen LogP contribution in [0, 0.1) is 29.2 Å². The van der Waals surface area contributed by atoms with E-state index in [4.69, 9.17) is 5.73 Å². The van der Waals surface area contributed by atoms with E-state index < -0.39 is 34.9 Å². The van der Waals surface area contributed by atoms with Gasteiger partial charge in [0.25, 0.3) is 0 Å². The molecule has 1 aliphatic carbocycles. The first-order valence-corrected chi connectivity index (χ1v) is 6.11. The molecule has 0 aliphatic heterocycles. The molecule has 0 amide bonds. The fraction of sp³-hybridized carbons (Fsp3) is 0.538. The van der Waals surface area contributed by atoms with Gasteiger partial charge in [-0.2, -0.15) is 0 Å². The van der Waals surface area contributed by atoms with Crippen LogP contribution in [0.1, 0.15) is 43.7 Å². The van der Waals surface area contributed by atoms with E-state index in [0.29, 0.717) is 0 Å². The standard InChI is InChI=1S/C13H15F4N/c14-8-6-9(15)12(17)10(11(8)16)13(18)7-4-2-1-3-5-7/h6-7,13H,1-5,18H2/t13-/m0/s1. The van der Waals surface area contributed by atoms with Crippen molar-refractivity contribution < 1.29 is 17.6 Å². The summed E-state index contributed by atoms with van der Waals surface area (Å²) in [5.74, 6) is -5.65. The molecule has 0 unspecified atom stereocenters. The van der Waals surface area contributed by atoms with E-state index in [1.807, 2.05) is 0 Å². The van der Waals surface area contributed by atoms with Gasteiger partial charge < -0.3 is 5.73 Å². The maximum Gasteiger partial charge on any atom is 0.166 e. The van der Waals surface area contributed by atoms with Crippen LogP contribution in [0.15, 0.2) is 6.07 Å². The molecule has 1 saturated carbocycles. The highest BCUT2D eigenvalue weighted by atomic mass is 19.2. The third-order valence-electron chi connectivity index (χ3n) is 3.64. The van der Waals surface area contributed by atoms with Gasteiger partial charge in [0, 0.05) is 17.7 Å². The van der Waals surface area contributed by atoms with Gasteiger partial charge in [-0.05, 0) is 18.8 Å². The molecular formula is C13H15F4N. The van der Waals surface area contributed by atoms with Crippen molar-refractivity contribution in [2.75, 3.05) is 0 Å². The fourth-order valence-corrected chi connectivity index (χ4v) is 2.61. The van der Waals surface area contributed by atoms with Crippen molar-refractivity contribution in [3.8, 4) is 0 Å². The van der Waals surface area contributed by atoms with Crippen molar-refractivity contribution in [1.82, 2.24) is 0 Å². The molecule has 100 valence electrons. The second kappa shape index (κ2) is 5.26. The Morgan fingerprint density at radius 1 is 0.944 bits per heavy atom. The van der Waals surface area contributed by atoms with E-state index in [2.05, 4.69) is 0 Å². The van der Waals surface area contributed by atoms with Gasteiger partial charge >= 0.3 is 0 Å². The maximum absolute atomic E-state index is 13.6. The Morgan fingerprint density at radius 3 is 1.94 bits per heavy atom. The number of hydrogen-bond donors (Lipinski definition) is 1. The molecule has 1 aromatic rings. The first-order valence-electron chi connectivity index (χ1n) is 6.11. The SMILES string of the molecule is N[C@H](c1c(F)c(F)cc(F)c1F)C1CCCCC1. The summed E-state index contributed by atoms with van der Waals surface area (Å²) < 4.78 is 53.4. The lowest BCUT2D eigenvalue weighted by molar-refractivity contribution is 0.292. The predicted octanol–water partition coefficient (Wildman–Crippen LogP) is 3.82. The summed E-state index contributed by atoms with van der Waals surface area (Å²) >= 11 is 0. The number of nitrogens with two attached hydrogens (primary N) is 1. The van der Waals surface area contributed by atoms with E-state index in [0.717, 1.165) is 32.1 Å². The molecule has 0 heterocycles. The third kappa shape index (κ3) is 2.36. The molecule has 0 bridgehead atoms. The number of rotatable bonds is 2. The third-order valence-corrected chi connectivity index (χ3v) is 3.64. The quantitative estimate of drug-likeness (QED) is 0.635. The van der Waals surface area contributed by atoms with Gasteiger partial charge in [-0.15, -0.1) is 0 Å². The second-order valence-corrected chi connectivity index (χ2v) is 4.81. The normalized spacial score (nSPS) is 18.9. The number of halogens is 4. The average Bonchev–Trinajstić information content (AvgIpc) is 2.37. The monoisotopic (exact) mass is 261 g/mol. The average molecular weight is 261 g/mol. The summed E-state index contributed by atoms with van der Waals surface area (Å²) in [6.45, 7) is 0. The zero-order valence-corrected chi connectivity index (χ0v) is 9.86. The Bertz CT molecular complexity index is 415. The largest absolute Gasteiger partial charge is 0.324 e. The Hall–Kier alpha value is -1.10. The lowest BCUT2D eigenvalue weighted by Crippen LogP contribution is -2.26. The minimum atomic E-state index is -1.39. The number of hydrogen-bond acceptors (Lipinski definition) is 1. The molecule has 1 aliphatic rings. The molecule has 0 aromatic heterocycles. The summed E-state index contributed by atoms with van der Waals surface area (Å²) in [7, 11) is 0. The van der Waals surface area contributed by atoms with Crippen molar-refractivity contribution in [3.05, 3.63) is 34.9 Å². The fourth-order valence-electron chi connectivity index (χ4n) is 2.61. The smallest absolute Gasteiger partial charge is 0.166 e. The summed E-state index contributed by atoms with van der Waals surface area (Å²) in [4.78, 5) is 0. The molecule has 0 radical (unpaired) electrons. The van der Waals surface area contributed by atoms with Gasteiger partial charge in [-0.25, -0.2) is 17.6 Å². The zero-order chi connectivity index (χ0) is 13.3. The molecule has 2 rings (SSSR count). The van der Waals surface area contributed by atoms with Crippen molar-refractivity contribution in [2.45, 2.75) is 38.1 Å². The highest BCUT2D eigenvalue weighted by Gasteiger charge is 2.29. The summed E-state index contributed by atoms with van der Waals surface area (Å²) in [6, 6.07) is -0.780. The van der Waals surface area contributed by atoms with Gasteiger partial charge in [-0.1, -0.05) is 19.3 Å². The minimum absolute atomic E-state index is 0.121. The van der Waals surface area contributed by atoms with Crippen LogP contribution in [0.5, 0.6) is 0 Å². The molecule has 0 saturated heterocycles. The molecule has 1 nitrogen and oxygen atoms in total. The Labute approximate surface area is 103 Å². The topological polar surface area (TPSA) is 26.0 Å². The summed E-state index contributed by atoms with van der Waals surface area (Å²) in [5.41, 5.74) is 5.14. The van der Waals surface area contributed by atoms with Crippen LogP contribution in [-0.4, -0.2) is 0 Å². The minimum Gasteiger partial charge on any atom is -0.324 e. The lowest BCUT2D eigenvalue weighted by Gasteiger charge is -2.28. The van der Waals surface area contributed by atoms with Gasteiger partial charge in [0.2, 0.25) is 0 Å². The van der Waals surface area contributed by atoms with Crippen molar-refractivity contribution in [1.29, 1.82) is 0 Å². The maximum atomic E-state index is 13.6. The molecule has 18 heavy (non-hydrogen) atoms. The molecular weight excluding hydrogens is 246 g/mol. The van der Waals surface area contributed by atoms with Crippen LogP contribution in [0.2, 0.25) is 0 Å². The van der Waals surface area contributed by atoms with Gasteiger partial charge in [0.15, 0.2) is 23.3 Å². The van der Waals surface area contributed by atoms with Gasteiger partial charge in [0.05, 0.1) is 0 Å². The Morgan fingerprint density at radius 2 is 1.44 bits per heavy atom. The predicted molar refractivity (Wildman–Crippen MR) is 59.8 cm³/mol. The molecule has 1 fully saturated rings. The highest BCUT2D eigenvalue weighted by molar-refractivity contribution is 5.26. The molecule has 1 atom stereocenters. The van der Waals surface area contributed by atoms with Crippen LogP contribution >= 0.6 is 0 Å². The summed E-state index contributed by atoms with van der Waals surface area (Å²) in [5, 5.41) is 0. The summed E-state index contributed by atoms with van der Waals surface area (Å²) in [6.07, 6.45) is 4.39. The van der Waals surface area contributed by atoms with E-state index in [-0.39, 0.29) is 12.0 Å². The van der Waals surface area contributed by atoms with E-state index in [1.54, 1.807) is 0 Å². The van der Waals surface area contributed by atoms with Crippen LogP contribution in [0.4, 0.5) is 17.6 Å². The Kier molecular flexibility index (Phi) is 3.90. The van der Waals surface area contributed by atoms with Crippen LogP contribution in [-0.2, 0) is 0 Å². The second-order valence-electron chi connectivity index (χ2n) is 4.81. The van der Waals surface area contributed by atoms with Crippen molar-refractivity contribution >= 4 is 0 Å². The van der Waals surface area contributed by atoms with E-state index in [1.165, 1.54) is 0 Å². The van der Waals surface area contributed by atoms with E-state index >= 15 is 0 Å². The molecule has 0 spiro atoms. The van der Waals surface area contributed by atoms with E-state index in [9.17, 15) is 17.6 Å². The lowest BCUT2D eigenvalue weighted by atomic mass is 9.81. The zero-order valence-electron chi connectivity index (χ0n) is 9.86. The number of benzene rings is 1. The molecule has 5 heteroatoms. The first-order chi connectivity index (χ1) is 8.52. The molecule has 1 aromatic carbocycles. The Balaban J connectivity index is 2.37. The van der Waals surface area contributed by atoms with Crippen molar-refractivity contribution in [2.24, 2.45) is 11.7 Å². The van der Waals surface area contributed by atoms with Gasteiger partial charge in [-0.3, -0.25) is 0 Å². The van der Waals surface area contributed by atoms with Crippen LogP contribution in [0.3, 0.4) is 0 Å². The van der Waals surface area contributed by atoms with Crippen molar-refractivity contribution in [3.63, 3.8) is 0 Å². The van der Waals surface area contributed by atoms with Gasteiger partial charge in [0.1, 0.15) is 0 Å². The van der Waals surface area contributed by atoms with Crippen LogP contribution < -0.4 is 5.73 Å². The highest BCUT2D eigenvalue weighted by Crippen LogP contribution is 2.35. The first kappa shape index (κ1) is 13.3. The van der Waals surface area contributed by atoms with Crippen LogP contribution in [0.25, 0.3) is 0 Å².